The molecule has 1 aromatic rings. The van der Waals surface area contributed by atoms with Gasteiger partial charge >= 0.3 is 0 Å². The van der Waals surface area contributed by atoms with Crippen molar-refractivity contribution < 1.29 is 19.7 Å². The molecule has 1 heterocycles. The summed E-state index contributed by atoms with van der Waals surface area (Å²) in [5.41, 5.74) is 0.0792. The van der Waals surface area contributed by atoms with Crippen molar-refractivity contribution in [1.82, 2.24) is 5.32 Å². The molecule has 1 aliphatic heterocycles. The monoisotopic (exact) mass is 303 g/mol. The van der Waals surface area contributed by atoms with Crippen molar-refractivity contribution in [1.29, 1.82) is 0 Å². The number of hydrogen-bond acceptors (Lipinski definition) is 5. The Bertz CT molecular complexity index is 658. The lowest BCUT2D eigenvalue weighted by Crippen LogP contribution is -2.72. The molecule has 5 nitrogen and oxygen atoms in total. The predicted octanol–water partition coefficient (Wildman–Crippen LogP) is 1.04. The molecule has 118 valence electrons. The number of hydrogen-bond donors (Lipinski definition) is 3. The molecular weight excluding hydrogens is 282 g/mol. The van der Waals surface area contributed by atoms with Gasteiger partial charge in [-0.3, -0.25) is 4.79 Å². The van der Waals surface area contributed by atoms with Crippen LogP contribution >= 0.6 is 0 Å². The number of Topliss-reactive ketones (excluding diaryl/α,β-unsaturated/α-hetero) is 1. The Hall–Kier alpha value is -1.59. The topological polar surface area (TPSA) is 78.8 Å². The molecule has 5 heteroatoms. The van der Waals surface area contributed by atoms with Crippen LogP contribution in [0.25, 0.3) is 0 Å². The van der Waals surface area contributed by atoms with E-state index in [1.165, 1.54) is 7.11 Å². The second-order valence-corrected chi connectivity index (χ2v) is 6.83. The fourth-order valence-corrected chi connectivity index (χ4v) is 4.96. The minimum absolute atomic E-state index is 0.0605. The maximum atomic E-state index is 12.2. The van der Waals surface area contributed by atoms with E-state index in [9.17, 15) is 15.0 Å². The van der Waals surface area contributed by atoms with Crippen molar-refractivity contribution >= 4 is 5.78 Å². The standard InChI is InChI=1S/C17H21NO4/c1-22-12-3-2-10-8-13-17(21)5-4-11(19)9-16(17,6-7-18-13)14(10)15(12)20/h2-3,13,18,20-21H,4-9H2,1H3/t13-,16-,17-/m1/s1. The molecule has 0 amide bonds. The van der Waals surface area contributed by atoms with Gasteiger partial charge in [0.25, 0.3) is 0 Å². The molecule has 0 aromatic heterocycles. The van der Waals surface area contributed by atoms with Crippen LogP contribution in [-0.4, -0.2) is 41.3 Å². The summed E-state index contributed by atoms with van der Waals surface area (Å²) in [4.78, 5) is 12.2. The Morgan fingerprint density at radius 1 is 1.36 bits per heavy atom. The van der Waals surface area contributed by atoms with Crippen molar-refractivity contribution in [3.8, 4) is 11.5 Å². The fourth-order valence-electron chi connectivity index (χ4n) is 4.96. The maximum Gasteiger partial charge on any atom is 0.161 e. The maximum absolute atomic E-state index is 12.2. The van der Waals surface area contributed by atoms with Gasteiger partial charge in [0.05, 0.1) is 12.7 Å². The number of ketones is 1. The molecule has 0 radical (unpaired) electrons. The normalized spacial score (nSPS) is 36.5. The number of nitrogens with one attached hydrogen (secondary N) is 1. The number of rotatable bonds is 1. The SMILES string of the molecule is COc1ccc2c(c1O)[C@]13CCN[C@H](C2)[C@]1(O)CCC(=O)C3. The molecule has 0 unspecified atom stereocenters. The van der Waals surface area contributed by atoms with E-state index < -0.39 is 11.0 Å². The lowest BCUT2D eigenvalue weighted by atomic mass is 9.49. The molecular formula is C17H21NO4. The van der Waals surface area contributed by atoms with Gasteiger partial charge in [0.2, 0.25) is 0 Å². The highest BCUT2D eigenvalue weighted by molar-refractivity contribution is 5.83. The van der Waals surface area contributed by atoms with Gasteiger partial charge in [-0.25, -0.2) is 0 Å². The number of carbonyl (C=O) groups is 1. The minimum Gasteiger partial charge on any atom is -0.504 e. The highest BCUT2D eigenvalue weighted by Crippen LogP contribution is 2.58. The number of phenols is 1. The van der Waals surface area contributed by atoms with Crippen LogP contribution in [0, 0.1) is 0 Å². The van der Waals surface area contributed by atoms with Crippen molar-refractivity contribution in [3.63, 3.8) is 0 Å². The Balaban J connectivity index is 2.00. The number of benzene rings is 1. The third-order valence-corrected chi connectivity index (χ3v) is 5.98. The first-order valence-electron chi connectivity index (χ1n) is 7.88. The molecule has 1 saturated carbocycles. The van der Waals surface area contributed by atoms with Crippen LogP contribution in [0.15, 0.2) is 12.1 Å². The molecule has 2 fully saturated rings. The highest BCUT2D eigenvalue weighted by atomic mass is 16.5. The van der Waals surface area contributed by atoms with Gasteiger partial charge in [0.1, 0.15) is 5.78 Å². The lowest BCUT2D eigenvalue weighted by Gasteiger charge is -2.60. The van der Waals surface area contributed by atoms with Gasteiger partial charge in [-0.1, -0.05) is 6.07 Å². The van der Waals surface area contributed by atoms with E-state index >= 15 is 0 Å². The summed E-state index contributed by atoms with van der Waals surface area (Å²) in [6, 6.07) is 3.65. The summed E-state index contributed by atoms with van der Waals surface area (Å²) < 4.78 is 5.25. The molecule has 4 rings (SSSR count). The number of ether oxygens (including phenoxy) is 1. The van der Waals surface area contributed by atoms with Gasteiger partial charge in [0, 0.05) is 29.9 Å². The molecule has 2 bridgehead atoms. The number of methoxy groups -OCH3 is 1. The number of phenolic OH excluding ortho intramolecular Hbond substituents is 1. The second-order valence-electron chi connectivity index (χ2n) is 6.83. The van der Waals surface area contributed by atoms with Crippen LogP contribution in [0.1, 0.15) is 36.8 Å². The van der Waals surface area contributed by atoms with Crippen molar-refractivity contribution in [2.75, 3.05) is 13.7 Å². The van der Waals surface area contributed by atoms with E-state index in [0.717, 1.165) is 17.7 Å². The van der Waals surface area contributed by atoms with Crippen LogP contribution in [0.4, 0.5) is 0 Å². The average Bonchev–Trinajstić information content (AvgIpc) is 2.47. The Kier molecular flexibility index (Phi) is 2.84. The summed E-state index contributed by atoms with van der Waals surface area (Å²) in [5.74, 6) is 0.666. The van der Waals surface area contributed by atoms with Crippen LogP contribution in [0.5, 0.6) is 11.5 Å². The number of piperidine rings is 1. The van der Waals surface area contributed by atoms with E-state index in [-0.39, 0.29) is 17.6 Å². The third kappa shape index (κ3) is 1.53. The zero-order valence-corrected chi connectivity index (χ0v) is 12.7. The number of carbonyl (C=O) groups excluding carboxylic acids is 1. The number of fused-ring (bicyclic) bond motifs is 1. The van der Waals surface area contributed by atoms with E-state index in [0.29, 0.717) is 37.9 Å². The van der Waals surface area contributed by atoms with Gasteiger partial charge in [0.15, 0.2) is 11.5 Å². The first kappa shape index (κ1) is 14.0. The minimum atomic E-state index is -0.976. The summed E-state index contributed by atoms with van der Waals surface area (Å²) in [6.07, 6.45) is 2.49. The first-order chi connectivity index (χ1) is 10.5. The smallest absolute Gasteiger partial charge is 0.161 e. The molecule has 1 saturated heterocycles. The zero-order valence-electron chi connectivity index (χ0n) is 12.7. The van der Waals surface area contributed by atoms with Crippen molar-refractivity contribution in [2.24, 2.45) is 0 Å². The van der Waals surface area contributed by atoms with E-state index in [1.807, 2.05) is 6.07 Å². The molecule has 3 N–H and O–H groups in total. The molecule has 3 atom stereocenters. The van der Waals surface area contributed by atoms with Gasteiger partial charge in [-0.05, 0) is 37.4 Å². The predicted molar refractivity (Wildman–Crippen MR) is 80.3 cm³/mol. The second kappa shape index (κ2) is 4.46. The molecule has 3 aliphatic rings. The summed E-state index contributed by atoms with van der Waals surface area (Å²) in [5, 5.41) is 25.6. The van der Waals surface area contributed by atoms with E-state index in [2.05, 4.69) is 5.32 Å². The molecule has 2 aliphatic carbocycles. The largest absolute Gasteiger partial charge is 0.504 e. The van der Waals surface area contributed by atoms with Crippen molar-refractivity contribution in [2.45, 2.75) is 49.2 Å². The van der Waals surface area contributed by atoms with E-state index in [4.69, 9.17) is 4.74 Å². The van der Waals surface area contributed by atoms with Crippen LogP contribution in [0.2, 0.25) is 0 Å². The average molecular weight is 303 g/mol. The summed E-state index contributed by atoms with van der Waals surface area (Å²) >= 11 is 0. The first-order valence-corrected chi connectivity index (χ1v) is 7.88. The van der Waals surface area contributed by atoms with Gasteiger partial charge < -0.3 is 20.3 Å². The fraction of sp³-hybridized carbons (Fsp3) is 0.588. The van der Waals surface area contributed by atoms with Gasteiger partial charge in [-0.2, -0.15) is 0 Å². The molecule has 1 aromatic carbocycles. The zero-order chi connectivity index (χ0) is 15.5. The Morgan fingerprint density at radius 3 is 2.95 bits per heavy atom. The van der Waals surface area contributed by atoms with Crippen molar-refractivity contribution in [3.05, 3.63) is 23.3 Å². The van der Waals surface area contributed by atoms with Crippen LogP contribution in [-0.2, 0) is 16.6 Å². The van der Waals surface area contributed by atoms with Crippen LogP contribution < -0.4 is 10.1 Å². The Labute approximate surface area is 129 Å². The van der Waals surface area contributed by atoms with Gasteiger partial charge in [-0.15, -0.1) is 0 Å². The summed E-state index contributed by atoms with van der Waals surface area (Å²) in [6.45, 7) is 0.746. The van der Waals surface area contributed by atoms with Crippen LogP contribution in [0.3, 0.4) is 0 Å². The molecule has 0 spiro atoms. The highest BCUT2D eigenvalue weighted by Gasteiger charge is 2.63. The summed E-state index contributed by atoms with van der Waals surface area (Å²) in [7, 11) is 1.52. The molecule has 22 heavy (non-hydrogen) atoms. The number of aromatic hydroxyl groups is 1. The quantitative estimate of drug-likeness (QED) is 0.722. The Morgan fingerprint density at radius 2 is 2.18 bits per heavy atom. The number of aliphatic hydroxyl groups is 1. The third-order valence-electron chi connectivity index (χ3n) is 5.98. The lowest BCUT2D eigenvalue weighted by molar-refractivity contribution is -0.149. The van der Waals surface area contributed by atoms with E-state index in [1.54, 1.807) is 6.07 Å².